The van der Waals surface area contributed by atoms with E-state index in [1.165, 1.54) is 5.56 Å². The van der Waals surface area contributed by atoms with Gasteiger partial charge in [0.25, 0.3) is 0 Å². The van der Waals surface area contributed by atoms with E-state index < -0.39 is 0 Å². The van der Waals surface area contributed by atoms with Crippen LogP contribution in [0.5, 0.6) is 0 Å². The zero-order valence-corrected chi connectivity index (χ0v) is 14.7. The van der Waals surface area contributed by atoms with Crippen molar-refractivity contribution in [3.05, 3.63) is 67.5 Å². The average molecular weight is 356 g/mol. The Hall–Kier alpha value is -1.37. The van der Waals surface area contributed by atoms with Gasteiger partial charge in [-0.05, 0) is 25.8 Å². The van der Waals surface area contributed by atoms with Gasteiger partial charge in [0.2, 0.25) is 0 Å². The summed E-state index contributed by atoms with van der Waals surface area (Å²) in [5.41, 5.74) is 2.30. The van der Waals surface area contributed by atoms with E-state index in [-0.39, 0.29) is 23.7 Å². The third kappa shape index (κ3) is 15.3. The summed E-state index contributed by atoms with van der Waals surface area (Å²) in [5, 5.41) is 0. The second-order valence-electron chi connectivity index (χ2n) is 3.65. The van der Waals surface area contributed by atoms with E-state index in [0.29, 0.717) is 6.61 Å². The van der Waals surface area contributed by atoms with E-state index >= 15 is 0 Å². The van der Waals surface area contributed by atoms with Gasteiger partial charge in [0.15, 0.2) is 6.29 Å². The van der Waals surface area contributed by atoms with Crippen LogP contribution in [-0.4, -0.2) is 13.7 Å². The molecule has 0 aliphatic rings. The van der Waals surface area contributed by atoms with Crippen molar-refractivity contribution in [2.45, 2.75) is 26.6 Å². The minimum atomic E-state index is -0.258. The Bertz CT molecular complexity index is 438. The van der Waals surface area contributed by atoms with E-state index in [2.05, 4.69) is 39.0 Å². The van der Waals surface area contributed by atoms with Crippen LogP contribution in [0, 0.1) is 26.9 Å². The summed E-state index contributed by atoms with van der Waals surface area (Å²) in [6.45, 7) is 18.3. The summed E-state index contributed by atoms with van der Waals surface area (Å²) in [7, 11) is 1.67. The molecule has 1 rings (SSSR count). The average Bonchev–Trinajstić information content (AvgIpc) is 2.61. The molecule has 0 fully saturated rings. The number of hydrogen-bond donors (Lipinski definition) is 0. The summed E-state index contributed by atoms with van der Waals surface area (Å²) in [4.78, 5) is 0. The summed E-state index contributed by atoms with van der Waals surface area (Å²) in [6, 6.07) is 8.13. The quantitative estimate of drug-likeness (QED) is 0.257. The molecular weight excluding hydrogens is 336 g/mol. The predicted molar refractivity (Wildman–Crippen MR) is 78.1 cm³/mol. The number of rotatable bonds is 6. The molecular formula is C17H20CrO5. The first-order valence-corrected chi connectivity index (χ1v) is 6.22. The maximum absolute atomic E-state index is 7.50. The fraction of sp³-hybridized carbons (Fsp3) is 0.353. The van der Waals surface area contributed by atoms with Crippen molar-refractivity contribution in [3.8, 4) is 0 Å². The molecule has 0 aliphatic heterocycles. The fourth-order valence-corrected chi connectivity index (χ4v) is 1.55. The molecule has 0 heterocycles. The van der Waals surface area contributed by atoms with Crippen molar-refractivity contribution in [1.82, 2.24) is 0 Å². The Balaban J connectivity index is -0.000000231. The molecule has 0 saturated heterocycles. The van der Waals surface area contributed by atoms with Gasteiger partial charge in [0.1, 0.15) is 0 Å². The Morgan fingerprint density at radius 1 is 1.09 bits per heavy atom. The summed E-state index contributed by atoms with van der Waals surface area (Å²) in [6.07, 6.45) is 4.78. The topological polar surface area (TPSA) is 78.2 Å². The van der Waals surface area contributed by atoms with Gasteiger partial charge in [-0.3, -0.25) is 0 Å². The smallest absolute Gasteiger partial charge is 0 e. The van der Waals surface area contributed by atoms with Crippen LogP contribution < -0.4 is 0 Å². The maximum atomic E-state index is 7.50. The summed E-state index contributed by atoms with van der Waals surface area (Å²) < 4.78 is 33.5. The van der Waals surface area contributed by atoms with E-state index in [4.69, 9.17) is 23.4 Å². The maximum Gasteiger partial charge on any atom is 0 e. The van der Waals surface area contributed by atoms with Crippen molar-refractivity contribution in [2.24, 2.45) is 0 Å². The molecule has 1 atom stereocenters. The van der Waals surface area contributed by atoms with Crippen LogP contribution in [0.3, 0.4) is 0 Å². The largest absolute Gasteiger partial charge is 0 e. The number of ether oxygens (including phenoxy) is 2. The van der Waals surface area contributed by atoms with Crippen LogP contribution in [0.1, 0.15) is 30.8 Å². The summed E-state index contributed by atoms with van der Waals surface area (Å²) in [5.74, 6) is 0. The monoisotopic (exact) mass is 356 g/mol. The molecule has 0 amide bonds. The third-order valence-corrected chi connectivity index (χ3v) is 2.45. The van der Waals surface area contributed by atoms with Crippen molar-refractivity contribution < 1.29 is 40.8 Å². The predicted octanol–water partition coefficient (Wildman–Crippen LogP) is 3.51. The molecule has 0 bridgehead atoms. The second-order valence-corrected chi connectivity index (χ2v) is 3.65. The SMILES string of the molecule is C/C=C\CCO[C@@H](OC)c1ccccc1C.[C-]#[O+].[C-]#[O+].[C-]#[O+].[Cr]. The normalized spacial score (nSPS) is 9.43. The Morgan fingerprint density at radius 2 is 1.61 bits per heavy atom. The van der Waals surface area contributed by atoms with Gasteiger partial charge in [-0.1, -0.05) is 36.4 Å². The van der Waals surface area contributed by atoms with E-state index in [1.807, 2.05) is 31.2 Å². The first kappa shape index (κ1) is 29.6. The van der Waals surface area contributed by atoms with Crippen molar-refractivity contribution in [1.29, 1.82) is 0 Å². The van der Waals surface area contributed by atoms with Crippen LogP contribution in [0.2, 0.25) is 0 Å². The molecule has 1 aromatic carbocycles. The minimum absolute atomic E-state index is 0. The number of allylic oxidation sites excluding steroid dienone is 1. The zero-order chi connectivity index (χ0) is 17.8. The second kappa shape index (κ2) is 25.6. The van der Waals surface area contributed by atoms with Crippen LogP contribution in [0.15, 0.2) is 36.4 Å². The van der Waals surface area contributed by atoms with Gasteiger partial charge in [-0.25, -0.2) is 0 Å². The van der Waals surface area contributed by atoms with E-state index in [9.17, 15) is 0 Å². The molecule has 23 heavy (non-hydrogen) atoms. The van der Waals surface area contributed by atoms with E-state index in [0.717, 1.165) is 12.0 Å². The minimum Gasteiger partial charge on any atom is 0 e. The Labute approximate surface area is 149 Å². The van der Waals surface area contributed by atoms with E-state index in [1.54, 1.807) is 7.11 Å². The molecule has 1 aromatic rings. The van der Waals surface area contributed by atoms with Crippen molar-refractivity contribution >= 4 is 0 Å². The number of aryl methyl sites for hydroxylation is 1. The van der Waals surface area contributed by atoms with Gasteiger partial charge in [-0.15, -0.1) is 0 Å². The molecule has 6 heteroatoms. The first-order valence-electron chi connectivity index (χ1n) is 6.22. The fourth-order valence-electron chi connectivity index (χ4n) is 1.55. The van der Waals surface area contributed by atoms with Crippen LogP contribution >= 0.6 is 0 Å². The molecule has 0 spiro atoms. The molecule has 124 valence electrons. The number of benzene rings is 1. The van der Waals surface area contributed by atoms with Crippen molar-refractivity contribution in [2.75, 3.05) is 13.7 Å². The number of methoxy groups -OCH3 is 1. The first-order chi connectivity index (χ1) is 10.8. The van der Waals surface area contributed by atoms with Crippen LogP contribution in [-0.2, 0) is 40.8 Å². The molecule has 0 unspecified atom stereocenters. The van der Waals surface area contributed by atoms with Gasteiger partial charge in [0.05, 0.1) is 6.61 Å². The third-order valence-electron chi connectivity index (χ3n) is 2.45. The van der Waals surface area contributed by atoms with Gasteiger partial charge in [0, 0.05) is 30.0 Å². The van der Waals surface area contributed by atoms with Crippen LogP contribution in [0.25, 0.3) is 0 Å². The summed E-state index contributed by atoms with van der Waals surface area (Å²) >= 11 is 0. The molecule has 0 aromatic heterocycles. The zero-order valence-electron chi connectivity index (χ0n) is 13.4. The standard InChI is InChI=1S/C14H20O2.3CO.Cr/c1-4-5-8-11-16-14(15-3)13-10-7-6-9-12(13)2;3*1-2;/h4-7,9-10,14H,8,11H2,1-3H3;;;;/b5-4-;;;;/t14-;;;;/m1..../s1. The van der Waals surface area contributed by atoms with Gasteiger partial charge < -0.3 is 9.47 Å². The molecule has 0 aliphatic carbocycles. The van der Waals surface area contributed by atoms with Gasteiger partial charge in [-0.2, -0.15) is 0 Å². The Kier molecular flexibility index (Phi) is 32.9. The molecule has 0 radical (unpaired) electrons. The molecule has 0 N–H and O–H groups in total. The van der Waals surface area contributed by atoms with Crippen LogP contribution in [0.4, 0.5) is 0 Å². The Morgan fingerprint density at radius 3 is 2.04 bits per heavy atom. The van der Waals surface area contributed by atoms with Gasteiger partial charge >= 0.3 is 33.9 Å². The number of hydrogen-bond acceptors (Lipinski definition) is 2. The van der Waals surface area contributed by atoms with Crippen molar-refractivity contribution in [3.63, 3.8) is 0 Å². The molecule has 0 saturated carbocycles. The molecule has 5 nitrogen and oxygen atoms in total.